The number of carbonyl (C=O) groups excluding carboxylic acids is 1. The van der Waals surface area contributed by atoms with E-state index < -0.39 is 11.6 Å². The molecule has 26 heavy (non-hydrogen) atoms. The van der Waals surface area contributed by atoms with Crippen molar-refractivity contribution in [1.82, 2.24) is 0 Å². The van der Waals surface area contributed by atoms with Gasteiger partial charge in [0.1, 0.15) is 12.1 Å². The zero-order valence-corrected chi connectivity index (χ0v) is 16.3. The highest BCUT2D eigenvalue weighted by Crippen LogP contribution is 2.50. The van der Waals surface area contributed by atoms with E-state index >= 15 is 0 Å². The van der Waals surface area contributed by atoms with Gasteiger partial charge in [-0.3, -0.25) is 0 Å². The van der Waals surface area contributed by atoms with Crippen molar-refractivity contribution < 1.29 is 23.9 Å². The number of rotatable bonds is 4. The number of piperidine rings is 1. The van der Waals surface area contributed by atoms with E-state index in [-0.39, 0.29) is 18.2 Å². The Labute approximate surface area is 160 Å². The Kier molecular flexibility index (Phi) is 3.65. The summed E-state index contributed by atoms with van der Waals surface area (Å²) >= 11 is 2.73. The van der Waals surface area contributed by atoms with Crippen molar-refractivity contribution in [3.63, 3.8) is 0 Å². The van der Waals surface area contributed by atoms with Crippen LogP contribution < -0.4 is 0 Å². The third-order valence-electron chi connectivity index (χ3n) is 6.44. The molecule has 6 rings (SSSR count). The molecule has 138 valence electrons. The molecule has 4 saturated heterocycles. The Hall–Kier alpha value is -1.25. The van der Waals surface area contributed by atoms with E-state index in [1.807, 2.05) is 22.9 Å². The van der Waals surface area contributed by atoms with Gasteiger partial charge in [0.2, 0.25) is 5.60 Å². The largest absolute Gasteiger partial charge is 0.450 e. The molecule has 2 aromatic rings. The van der Waals surface area contributed by atoms with Crippen LogP contribution in [-0.4, -0.2) is 60.0 Å². The highest BCUT2D eigenvalue weighted by atomic mass is 32.1. The highest BCUT2D eigenvalue weighted by Gasteiger charge is 2.68. The molecule has 7 heteroatoms. The van der Waals surface area contributed by atoms with Crippen LogP contribution in [0.4, 0.5) is 0 Å². The van der Waals surface area contributed by atoms with E-state index in [0.29, 0.717) is 21.9 Å². The van der Waals surface area contributed by atoms with Gasteiger partial charge in [0, 0.05) is 12.8 Å². The topological polar surface area (TPSA) is 55.8 Å². The maximum absolute atomic E-state index is 13.3. The van der Waals surface area contributed by atoms with Gasteiger partial charge in [-0.05, 0) is 22.9 Å². The monoisotopic (exact) mass is 392 g/mol. The molecular formula is C19H22NO4S2+. The van der Waals surface area contributed by atoms with E-state index in [2.05, 4.69) is 14.1 Å². The minimum absolute atomic E-state index is 0.0615. The van der Waals surface area contributed by atoms with Crippen LogP contribution in [0.3, 0.4) is 0 Å². The average molecular weight is 393 g/mol. The third kappa shape index (κ3) is 2.15. The molecule has 2 aromatic heterocycles. The standard InChI is InChI=1S/C19H22NO4S2/c1-20(2)12-9-11-10-13(20)17(16(12)23-11)24-18(21)19(22,14-5-3-7-25-14)15-6-4-8-26-15/h3-8,11-13,16-17,22H,9-10H2,1-2H3/q+1/t11-,12-,13+,16+,17+/m1/s1. The highest BCUT2D eigenvalue weighted by molar-refractivity contribution is 7.12. The van der Waals surface area contributed by atoms with E-state index in [0.717, 1.165) is 17.3 Å². The zero-order chi connectivity index (χ0) is 18.1. The molecule has 5 nitrogen and oxygen atoms in total. The van der Waals surface area contributed by atoms with Gasteiger partial charge in [-0.25, -0.2) is 4.79 Å². The van der Waals surface area contributed by atoms with Crippen LogP contribution in [0.5, 0.6) is 0 Å². The van der Waals surface area contributed by atoms with Gasteiger partial charge in [0.25, 0.3) is 0 Å². The van der Waals surface area contributed by atoms with Crippen LogP contribution >= 0.6 is 22.7 Å². The number of carbonyl (C=O) groups is 1. The molecular weight excluding hydrogens is 370 g/mol. The van der Waals surface area contributed by atoms with Gasteiger partial charge in [0.05, 0.1) is 30.0 Å². The summed E-state index contributed by atoms with van der Waals surface area (Å²) in [6.07, 6.45) is 1.88. The van der Waals surface area contributed by atoms with E-state index in [9.17, 15) is 9.90 Å². The number of esters is 1. The third-order valence-corrected chi connectivity index (χ3v) is 8.40. The molecule has 4 fully saturated rings. The maximum Gasteiger partial charge on any atom is 0.350 e. The minimum Gasteiger partial charge on any atom is -0.450 e. The Bertz CT molecular complexity index is 782. The number of aliphatic hydroxyl groups is 1. The smallest absolute Gasteiger partial charge is 0.350 e. The Morgan fingerprint density at radius 3 is 2.35 bits per heavy atom. The SMILES string of the molecule is C[N+]1(C)[C@@H]2C[C@@H]3C[C@H]1[C@H](OC(=O)C(O)(c1cccs1)c1cccs1)[C@H]2O3. The first-order valence-electron chi connectivity index (χ1n) is 8.92. The number of nitrogens with zero attached hydrogens (tertiary/aromatic N) is 1. The summed E-state index contributed by atoms with van der Waals surface area (Å²) in [5.74, 6) is -0.591. The first kappa shape index (κ1) is 16.9. The second-order valence-electron chi connectivity index (χ2n) is 7.99. The molecule has 0 spiro atoms. The summed E-state index contributed by atoms with van der Waals surface area (Å²) in [5.41, 5.74) is -1.75. The second kappa shape index (κ2) is 5.62. The fourth-order valence-corrected chi connectivity index (χ4v) is 6.75. The molecule has 0 aliphatic carbocycles. The predicted octanol–water partition coefficient (Wildman–Crippen LogP) is 2.35. The van der Waals surface area contributed by atoms with Gasteiger partial charge >= 0.3 is 5.97 Å². The molecule has 1 N–H and O–H groups in total. The van der Waals surface area contributed by atoms with E-state index in [1.165, 1.54) is 22.7 Å². The summed E-state index contributed by atoms with van der Waals surface area (Å²) in [5, 5.41) is 15.2. The number of likely N-dealkylation sites (N-methyl/N-ethyl adjacent to an activating group) is 1. The van der Waals surface area contributed by atoms with Gasteiger partial charge in [-0.1, -0.05) is 12.1 Å². The van der Waals surface area contributed by atoms with Gasteiger partial charge in [0.15, 0.2) is 12.2 Å². The summed E-state index contributed by atoms with van der Waals surface area (Å²) in [6.45, 7) is 0. The molecule has 6 heterocycles. The summed E-state index contributed by atoms with van der Waals surface area (Å²) in [6, 6.07) is 7.86. The lowest BCUT2D eigenvalue weighted by atomic mass is 9.97. The average Bonchev–Trinajstić information content (AvgIpc) is 3.38. The lowest BCUT2D eigenvalue weighted by Gasteiger charge is -2.42. The van der Waals surface area contributed by atoms with Crippen molar-refractivity contribution in [3.05, 3.63) is 44.8 Å². The fraction of sp³-hybridized carbons (Fsp3) is 0.526. The molecule has 0 saturated carbocycles. The lowest BCUT2D eigenvalue weighted by molar-refractivity contribution is -0.930. The fourth-order valence-electron chi connectivity index (χ4n) is 5.04. The molecule has 5 atom stereocenters. The Balaban J connectivity index is 1.48. The molecule has 0 unspecified atom stereocenters. The number of ether oxygens (including phenoxy) is 2. The van der Waals surface area contributed by atoms with Crippen LogP contribution in [0.25, 0.3) is 0 Å². The van der Waals surface area contributed by atoms with Crippen molar-refractivity contribution in [2.45, 2.75) is 48.8 Å². The Morgan fingerprint density at radius 1 is 1.19 bits per heavy atom. The molecule has 0 aromatic carbocycles. The Morgan fingerprint density at radius 2 is 1.81 bits per heavy atom. The van der Waals surface area contributed by atoms with Crippen LogP contribution in [0.15, 0.2) is 35.0 Å². The normalized spacial score (nSPS) is 34.3. The summed E-state index contributed by atoms with van der Waals surface area (Å²) in [7, 11) is 4.40. The van der Waals surface area contributed by atoms with E-state index in [1.54, 1.807) is 12.1 Å². The molecule has 4 aliphatic heterocycles. The molecule has 4 aliphatic rings. The maximum atomic E-state index is 13.3. The van der Waals surface area contributed by atoms with Crippen molar-refractivity contribution in [3.8, 4) is 0 Å². The number of hydrogen-bond acceptors (Lipinski definition) is 6. The number of thiophene rings is 2. The van der Waals surface area contributed by atoms with Crippen LogP contribution in [0.2, 0.25) is 0 Å². The first-order chi connectivity index (χ1) is 12.4. The van der Waals surface area contributed by atoms with Crippen LogP contribution in [0, 0.1) is 0 Å². The number of hydrogen-bond donors (Lipinski definition) is 1. The molecule has 0 amide bonds. The van der Waals surface area contributed by atoms with Crippen molar-refractivity contribution in [2.24, 2.45) is 0 Å². The van der Waals surface area contributed by atoms with Gasteiger partial charge in [-0.2, -0.15) is 0 Å². The quantitative estimate of drug-likeness (QED) is 0.641. The summed E-state index contributed by atoms with van der Waals surface area (Å²) < 4.78 is 13.0. The van der Waals surface area contributed by atoms with Crippen molar-refractivity contribution in [2.75, 3.05) is 14.1 Å². The van der Waals surface area contributed by atoms with Gasteiger partial charge < -0.3 is 19.1 Å². The van der Waals surface area contributed by atoms with E-state index in [4.69, 9.17) is 9.47 Å². The minimum atomic E-state index is -1.75. The predicted molar refractivity (Wildman–Crippen MR) is 99.1 cm³/mol. The van der Waals surface area contributed by atoms with Crippen molar-refractivity contribution in [1.29, 1.82) is 0 Å². The van der Waals surface area contributed by atoms with Crippen LogP contribution in [0.1, 0.15) is 22.6 Å². The summed E-state index contributed by atoms with van der Waals surface area (Å²) in [4.78, 5) is 14.4. The first-order valence-corrected chi connectivity index (χ1v) is 10.7. The van der Waals surface area contributed by atoms with Gasteiger partial charge in [-0.15, -0.1) is 22.7 Å². The number of quaternary nitrogens is 1. The second-order valence-corrected chi connectivity index (χ2v) is 9.89. The lowest BCUT2D eigenvalue weighted by Crippen LogP contribution is -2.57. The van der Waals surface area contributed by atoms with Crippen molar-refractivity contribution >= 4 is 28.6 Å². The van der Waals surface area contributed by atoms with Crippen LogP contribution in [-0.2, 0) is 19.9 Å². The zero-order valence-electron chi connectivity index (χ0n) is 14.7. The molecule has 0 radical (unpaired) electrons. The molecule has 4 bridgehead atoms.